The van der Waals surface area contributed by atoms with E-state index in [2.05, 4.69) is 15.3 Å². The number of hydrogen-bond acceptors (Lipinski definition) is 4. The highest BCUT2D eigenvalue weighted by Crippen LogP contribution is 2.09. The van der Waals surface area contributed by atoms with Gasteiger partial charge < -0.3 is 10.1 Å². The predicted octanol–water partition coefficient (Wildman–Crippen LogP) is 1.79. The Morgan fingerprint density at radius 2 is 2.15 bits per heavy atom. The number of ether oxygens (including phenoxy) is 1. The summed E-state index contributed by atoms with van der Waals surface area (Å²) in [5, 5.41) is 2.79. The monoisotopic (exact) mass is 271 g/mol. The van der Waals surface area contributed by atoms with Crippen molar-refractivity contribution in [3.05, 3.63) is 42.2 Å². The second-order valence-corrected chi connectivity index (χ2v) is 4.48. The average Bonchev–Trinajstić information content (AvgIpc) is 2.45. The zero-order valence-electron chi connectivity index (χ0n) is 11.5. The van der Waals surface area contributed by atoms with Crippen LogP contribution in [-0.2, 0) is 9.53 Å². The quantitative estimate of drug-likeness (QED) is 0.842. The maximum atomic E-state index is 11.7. The highest BCUT2D eigenvalue weighted by atomic mass is 16.5. The Hall–Kier alpha value is -2.27. The first-order valence-corrected chi connectivity index (χ1v) is 6.38. The van der Waals surface area contributed by atoms with Gasteiger partial charge in [0.05, 0.1) is 29.5 Å². The van der Waals surface area contributed by atoms with Gasteiger partial charge in [-0.3, -0.25) is 9.78 Å². The molecule has 0 aliphatic rings. The Labute approximate surface area is 117 Å². The maximum Gasteiger partial charge on any atom is 0.244 e. The molecular weight excluding hydrogens is 254 g/mol. The van der Waals surface area contributed by atoms with Crippen LogP contribution >= 0.6 is 0 Å². The van der Waals surface area contributed by atoms with Gasteiger partial charge in [-0.25, -0.2) is 4.98 Å². The zero-order chi connectivity index (χ0) is 14.4. The number of aromatic nitrogens is 2. The molecule has 1 aromatic heterocycles. The van der Waals surface area contributed by atoms with Crippen molar-refractivity contribution in [3.63, 3.8) is 0 Å². The molecule has 0 radical (unpaired) electrons. The first kappa shape index (κ1) is 14.1. The summed E-state index contributed by atoms with van der Waals surface area (Å²) >= 11 is 0. The minimum absolute atomic E-state index is 0.0279. The molecule has 1 N–H and O–H groups in total. The molecule has 1 unspecified atom stereocenters. The molecule has 0 aliphatic carbocycles. The van der Waals surface area contributed by atoms with E-state index in [9.17, 15) is 4.79 Å². The summed E-state index contributed by atoms with van der Waals surface area (Å²) in [5.41, 5.74) is 2.30. The van der Waals surface area contributed by atoms with Crippen LogP contribution in [0.5, 0.6) is 0 Å². The molecular formula is C15H17N3O2. The lowest BCUT2D eigenvalue weighted by atomic mass is 10.3. The summed E-state index contributed by atoms with van der Waals surface area (Å²) in [5.74, 6) is -0.176. The minimum atomic E-state index is -0.176. The van der Waals surface area contributed by atoms with Crippen LogP contribution < -0.4 is 5.32 Å². The van der Waals surface area contributed by atoms with Gasteiger partial charge in [-0.1, -0.05) is 12.1 Å². The third-order valence-corrected chi connectivity index (χ3v) is 2.68. The number of amides is 1. The lowest BCUT2D eigenvalue weighted by Crippen LogP contribution is -2.34. The van der Waals surface area contributed by atoms with Gasteiger partial charge in [0.25, 0.3) is 0 Å². The summed E-state index contributed by atoms with van der Waals surface area (Å²) in [6.45, 7) is 2.36. The van der Waals surface area contributed by atoms with Crippen molar-refractivity contribution < 1.29 is 9.53 Å². The maximum absolute atomic E-state index is 11.7. The molecule has 1 atom stereocenters. The molecule has 0 aliphatic heterocycles. The molecule has 1 aromatic carbocycles. The molecule has 2 rings (SSSR count). The summed E-state index contributed by atoms with van der Waals surface area (Å²) in [4.78, 5) is 20.4. The molecule has 5 heteroatoms. The van der Waals surface area contributed by atoms with Crippen molar-refractivity contribution in [1.82, 2.24) is 15.3 Å². The van der Waals surface area contributed by atoms with Gasteiger partial charge in [-0.05, 0) is 25.1 Å². The fourth-order valence-corrected chi connectivity index (χ4v) is 1.80. The number of methoxy groups -OCH3 is 1. The van der Waals surface area contributed by atoms with Crippen molar-refractivity contribution in [2.24, 2.45) is 0 Å². The van der Waals surface area contributed by atoms with Crippen LogP contribution in [0.15, 0.2) is 36.5 Å². The number of nitrogens with zero attached hydrogens (tertiary/aromatic N) is 2. The Kier molecular flexibility index (Phi) is 4.79. The number of rotatable bonds is 5. The van der Waals surface area contributed by atoms with E-state index in [4.69, 9.17) is 4.74 Å². The molecule has 0 fully saturated rings. The number of fused-ring (bicyclic) bond motifs is 1. The molecule has 2 aromatic rings. The Morgan fingerprint density at radius 3 is 2.90 bits per heavy atom. The van der Waals surface area contributed by atoms with Crippen LogP contribution in [0, 0.1) is 0 Å². The summed E-state index contributed by atoms with van der Waals surface area (Å²) in [6.07, 6.45) is 4.74. The zero-order valence-corrected chi connectivity index (χ0v) is 11.5. The van der Waals surface area contributed by atoms with Gasteiger partial charge in [0.2, 0.25) is 5.91 Å². The first-order valence-electron chi connectivity index (χ1n) is 6.38. The minimum Gasteiger partial charge on any atom is -0.383 e. The Balaban J connectivity index is 2.03. The number of benzene rings is 1. The van der Waals surface area contributed by atoms with Gasteiger partial charge in [-0.2, -0.15) is 0 Å². The van der Waals surface area contributed by atoms with Gasteiger partial charge in [0.1, 0.15) is 0 Å². The fraction of sp³-hybridized carbons (Fsp3) is 0.267. The lowest BCUT2D eigenvalue weighted by molar-refractivity contribution is -0.117. The van der Waals surface area contributed by atoms with Crippen LogP contribution in [0.3, 0.4) is 0 Å². The van der Waals surface area contributed by atoms with Crippen LogP contribution in [-0.4, -0.2) is 35.6 Å². The highest BCUT2D eigenvalue weighted by molar-refractivity contribution is 5.91. The first-order chi connectivity index (χ1) is 9.69. The van der Waals surface area contributed by atoms with Gasteiger partial charge in [0.15, 0.2) is 0 Å². The van der Waals surface area contributed by atoms with Crippen molar-refractivity contribution in [2.45, 2.75) is 13.0 Å². The smallest absolute Gasteiger partial charge is 0.244 e. The summed E-state index contributed by atoms with van der Waals surface area (Å²) < 4.78 is 4.95. The summed E-state index contributed by atoms with van der Waals surface area (Å²) in [7, 11) is 1.60. The van der Waals surface area contributed by atoms with E-state index in [0.717, 1.165) is 11.0 Å². The van der Waals surface area contributed by atoms with Crippen LogP contribution in [0.1, 0.15) is 12.6 Å². The third-order valence-electron chi connectivity index (χ3n) is 2.68. The predicted molar refractivity (Wildman–Crippen MR) is 78.1 cm³/mol. The topological polar surface area (TPSA) is 64.1 Å². The second-order valence-electron chi connectivity index (χ2n) is 4.48. The average molecular weight is 271 g/mol. The second kappa shape index (κ2) is 6.77. The van der Waals surface area contributed by atoms with E-state index in [1.807, 2.05) is 31.2 Å². The van der Waals surface area contributed by atoms with Crippen LogP contribution in [0.2, 0.25) is 0 Å². The lowest BCUT2D eigenvalue weighted by Gasteiger charge is -2.10. The van der Waals surface area contributed by atoms with Gasteiger partial charge in [-0.15, -0.1) is 0 Å². The summed E-state index contributed by atoms with van der Waals surface area (Å²) in [6, 6.07) is 7.58. The molecule has 1 amide bonds. The van der Waals surface area contributed by atoms with Crippen molar-refractivity contribution in [3.8, 4) is 0 Å². The molecule has 0 spiro atoms. The van der Waals surface area contributed by atoms with E-state index < -0.39 is 0 Å². The molecule has 0 saturated carbocycles. The molecule has 1 heterocycles. The number of carbonyl (C=O) groups is 1. The van der Waals surface area contributed by atoms with Gasteiger partial charge in [0, 0.05) is 19.2 Å². The van der Waals surface area contributed by atoms with E-state index in [1.54, 1.807) is 19.4 Å². The molecule has 20 heavy (non-hydrogen) atoms. The van der Waals surface area contributed by atoms with E-state index in [0.29, 0.717) is 12.3 Å². The molecule has 0 bridgehead atoms. The Bertz CT molecular complexity index is 625. The van der Waals surface area contributed by atoms with E-state index >= 15 is 0 Å². The van der Waals surface area contributed by atoms with E-state index in [1.165, 1.54) is 6.08 Å². The van der Waals surface area contributed by atoms with Gasteiger partial charge >= 0.3 is 0 Å². The SMILES string of the molecule is COCC(C)NC(=O)/C=C/c1cnc2ccccc2n1. The number of para-hydroxylation sites is 2. The van der Waals surface area contributed by atoms with Crippen LogP contribution in [0.25, 0.3) is 17.1 Å². The van der Waals surface area contributed by atoms with E-state index in [-0.39, 0.29) is 11.9 Å². The van der Waals surface area contributed by atoms with Crippen molar-refractivity contribution >= 4 is 23.0 Å². The number of hydrogen-bond donors (Lipinski definition) is 1. The van der Waals surface area contributed by atoms with Crippen molar-refractivity contribution in [2.75, 3.05) is 13.7 Å². The normalized spacial score (nSPS) is 12.7. The van der Waals surface area contributed by atoms with Crippen molar-refractivity contribution in [1.29, 1.82) is 0 Å². The standard InChI is InChI=1S/C15H17N3O2/c1-11(10-20-2)17-15(19)8-7-12-9-16-13-5-3-4-6-14(13)18-12/h3-9,11H,10H2,1-2H3,(H,17,19)/b8-7+. The fourth-order valence-electron chi connectivity index (χ4n) is 1.80. The molecule has 104 valence electrons. The molecule has 5 nitrogen and oxygen atoms in total. The largest absolute Gasteiger partial charge is 0.383 e. The van der Waals surface area contributed by atoms with Crippen LogP contribution in [0.4, 0.5) is 0 Å². The number of carbonyl (C=O) groups excluding carboxylic acids is 1. The third kappa shape index (κ3) is 3.86. The number of nitrogens with one attached hydrogen (secondary N) is 1. The Morgan fingerprint density at radius 1 is 1.40 bits per heavy atom. The molecule has 0 saturated heterocycles. The highest BCUT2D eigenvalue weighted by Gasteiger charge is 2.03.